The van der Waals surface area contributed by atoms with Crippen LogP contribution in [0.2, 0.25) is 0 Å². The molecule has 8 nitrogen and oxygen atoms in total. The minimum atomic E-state index is -4.05. The summed E-state index contributed by atoms with van der Waals surface area (Å²) in [6, 6.07) is 0. The van der Waals surface area contributed by atoms with Gasteiger partial charge in [0, 0.05) is 7.11 Å². The molecular formula is C11H18O8S. The van der Waals surface area contributed by atoms with Crippen LogP contribution >= 0.6 is 0 Å². The molecule has 2 aliphatic rings. The molecule has 1 unspecified atom stereocenters. The van der Waals surface area contributed by atoms with E-state index in [1.165, 1.54) is 7.11 Å². The van der Waals surface area contributed by atoms with E-state index in [4.69, 9.17) is 22.6 Å². The van der Waals surface area contributed by atoms with Gasteiger partial charge in [-0.15, -0.1) is 0 Å². The van der Waals surface area contributed by atoms with Gasteiger partial charge in [-0.3, -0.25) is 4.79 Å². The van der Waals surface area contributed by atoms with Gasteiger partial charge in [0.05, 0.1) is 5.41 Å². The molecule has 2 rings (SSSR count). The van der Waals surface area contributed by atoms with E-state index in [0.717, 1.165) is 0 Å². The second-order valence-corrected chi connectivity index (χ2v) is 6.86. The van der Waals surface area contributed by atoms with Gasteiger partial charge in [0.2, 0.25) is 0 Å². The Morgan fingerprint density at radius 3 is 2.35 bits per heavy atom. The molecule has 0 aromatic rings. The van der Waals surface area contributed by atoms with E-state index in [2.05, 4.69) is 0 Å². The molecule has 2 heterocycles. The summed E-state index contributed by atoms with van der Waals surface area (Å²) in [4.78, 5) is 11.7. The SMILES string of the molecule is CO[C@H]1O[C@H](COC(=O)C(C)(C)C)C2OS(=O)(=O)O[C@@H]21. The summed E-state index contributed by atoms with van der Waals surface area (Å²) in [5, 5.41) is 0. The number of ether oxygens (including phenoxy) is 3. The third-order valence-electron chi connectivity index (χ3n) is 2.95. The standard InChI is InChI=1S/C11H18O8S/c1-11(2,3)10(12)16-5-6-7-8(9(15-4)17-6)19-20(13,14)18-7/h6-9H,5H2,1-4H3/t6-,7?,8+,9+/m1/s1. The molecule has 0 aromatic carbocycles. The molecule has 0 radical (unpaired) electrons. The van der Waals surface area contributed by atoms with Crippen LogP contribution in [0.1, 0.15) is 20.8 Å². The second-order valence-electron chi connectivity index (χ2n) is 5.66. The van der Waals surface area contributed by atoms with E-state index in [1.807, 2.05) is 0 Å². The zero-order chi connectivity index (χ0) is 15.1. The van der Waals surface area contributed by atoms with Crippen molar-refractivity contribution in [2.24, 2.45) is 5.41 Å². The predicted octanol–water partition coefficient (Wildman–Crippen LogP) is -0.0242. The highest BCUT2D eigenvalue weighted by molar-refractivity contribution is 7.82. The van der Waals surface area contributed by atoms with Gasteiger partial charge in [-0.05, 0) is 20.8 Å². The van der Waals surface area contributed by atoms with Crippen LogP contribution in [0.25, 0.3) is 0 Å². The third kappa shape index (κ3) is 3.12. The number of carbonyl (C=O) groups is 1. The molecule has 0 bridgehead atoms. The van der Waals surface area contributed by atoms with E-state index in [0.29, 0.717) is 0 Å². The Balaban J connectivity index is 2.01. The van der Waals surface area contributed by atoms with Crippen molar-refractivity contribution < 1.29 is 35.8 Å². The quantitative estimate of drug-likeness (QED) is 0.671. The molecule has 0 aromatic heterocycles. The van der Waals surface area contributed by atoms with E-state index in [-0.39, 0.29) is 6.61 Å². The van der Waals surface area contributed by atoms with Crippen LogP contribution < -0.4 is 0 Å². The number of carbonyl (C=O) groups excluding carboxylic acids is 1. The Morgan fingerprint density at radius 1 is 1.20 bits per heavy atom. The highest BCUT2D eigenvalue weighted by Crippen LogP contribution is 2.35. The highest BCUT2D eigenvalue weighted by Gasteiger charge is 2.56. The number of fused-ring (bicyclic) bond motifs is 1. The predicted molar refractivity (Wildman–Crippen MR) is 64.7 cm³/mol. The van der Waals surface area contributed by atoms with Crippen molar-refractivity contribution in [2.75, 3.05) is 13.7 Å². The maximum atomic E-state index is 11.7. The molecule has 0 N–H and O–H groups in total. The van der Waals surface area contributed by atoms with E-state index in [9.17, 15) is 13.2 Å². The maximum absolute atomic E-state index is 11.7. The summed E-state index contributed by atoms with van der Waals surface area (Å²) in [5.41, 5.74) is -0.655. The normalized spacial score (nSPS) is 35.8. The van der Waals surface area contributed by atoms with Crippen molar-refractivity contribution in [3.8, 4) is 0 Å². The summed E-state index contributed by atoms with van der Waals surface area (Å²) in [7, 11) is -2.69. The number of rotatable bonds is 3. The van der Waals surface area contributed by atoms with Crippen LogP contribution in [0.4, 0.5) is 0 Å². The Kier molecular flexibility index (Phi) is 4.09. The first-order chi connectivity index (χ1) is 9.14. The molecule has 0 aliphatic carbocycles. The zero-order valence-corrected chi connectivity index (χ0v) is 12.5. The zero-order valence-electron chi connectivity index (χ0n) is 11.7. The molecule has 0 saturated carbocycles. The summed E-state index contributed by atoms with van der Waals surface area (Å²) in [5.74, 6) is -0.416. The van der Waals surface area contributed by atoms with Gasteiger partial charge >= 0.3 is 16.4 Å². The van der Waals surface area contributed by atoms with Gasteiger partial charge < -0.3 is 14.2 Å². The summed E-state index contributed by atoms with van der Waals surface area (Å²) in [6.07, 6.45) is -3.40. The smallest absolute Gasteiger partial charge is 0.400 e. The lowest BCUT2D eigenvalue weighted by Gasteiger charge is -2.20. The molecule has 2 saturated heterocycles. The Labute approximate surface area is 117 Å². The molecule has 4 atom stereocenters. The fourth-order valence-corrected chi connectivity index (χ4v) is 2.93. The number of esters is 1. The van der Waals surface area contributed by atoms with Crippen molar-refractivity contribution in [2.45, 2.75) is 45.4 Å². The first-order valence-corrected chi connectivity index (χ1v) is 7.44. The molecular weight excluding hydrogens is 292 g/mol. The first kappa shape index (κ1) is 15.6. The van der Waals surface area contributed by atoms with Crippen LogP contribution in [-0.2, 0) is 37.8 Å². The van der Waals surface area contributed by atoms with Crippen molar-refractivity contribution in [3.05, 3.63) is 0 Å². The van der Waals surface area contributed by atoms with Gasteiger partial charge in [-0.25, -0.2) is 8.37 Å². The number of hydrogen-bond acceptors (Lipinski definition) is 8. The van der Waals surface area contributed by atoms with Crippen LogP contribution in [-0.4, -0.2) is 52.7 Å². The van der Waals surface area contributed by atoms with Gasteiger partial charge in [0.25, 0.3) is 0 Å². The average molecular weight is 310 g/mol. The van der Waals surface area contributed by atoms with Crippen LogP contribution in [0.5, 0.6) is 0 Å². The molecule has 0 spiro atoms. The maximum Gasteiger partial charge on any atom is 0.400 e. The first-order valence-electron chi connectivity index (χ1n) is 6.11. The van der Waals surface area contributed by atoms with Crippen LogP contribution in [0.15, 0.2) is 0 Å². The molecule has 9 heteroatoms. The minimum Gasteiger partial charge on any atom is -0.462 e. The van der Waals surface area contributed by atoms with Gasteiger partial charge in [0.1, 0.15) is 18.8 Å². The molecule has 0 amide bonds. The molecule has 20 heavy (non-hydrogen) atoms. The second kappa shape index (κ2) is 5.23. The van der Waals surface area contributed by atoms with Gasteiger partial charge in [-0.1, -0.05) is 0 Å². The van der Waals surface area contributed by atoms with Crippen molar-refractivity contribution in [1.29, 1.82) is 0 Å². The molecule has 2 fully saturated rings. The minimum absolute atomic E-state index is 0.129. The van der Waals surface area contributed by atoms with Gasteiger partial charge in [-0.2, -0.15) is 8.42 Å². The monoisotopic (exact) mass is 310 g/mol. The fourth-order valence-electron chi connectivity index (χ4n) is 1.90. The van der Waals surface area contributed by atoms with Crippen LogP contribution in [0, 0.1) is 5.41 Å². The topological polar surface area (TPSA) is 97.4 Å². The van der Waals surface area contributed by atoms with E-state index in [1.54, 1.807) is 20.8 Å². The Morgan fingerprint density at radius 2 is 1.80 bits per heavy atom. The summed E-state index contributed by atoms with van der Waals surface area (Å²) < 4.78 is 47.6. The van der Waals surface area contributed by atoms with E-state index >= 15 is 0 Å². The highest BCUT2D eigenvalue weighted by atomic mass is 32.3. The lowest BCUT2D eigenvalue weighted by Crippen LogP contribution is -2.34. The summed E-state index contributed by atoms with van der Waals surface area (Å²) in [6.45, 7) is 5.01. The fraction of sp³-hybridized carbons (Fsp3) is 0.909. The Hall–Kier alpha value is -0.740. The van der Waals surface area contributed by atoms with E-state index < -0.39 is 46.4 Å². The number of methoxy groups -OCH3 is 1. The molecule has 2 aliphatic heterocycles. The van der Waals surface area contributed by atoms with Crippen molar-refractivity contribution in [3.63, 3.8) is 0 Å². The lowest BCUT2D eigenvalue weighted by molar-refractivity contribution is -0.170. The lowest BCUT2D eigenvalue weighted by atomic mass is 9.97. The van der Waals surface area contributed by atoms with Crippen molar-refractivity contribution in [1.82, 2.24) is 0 Å². The average Bonchev–Trinajstić information content (AvgIpc) is 2.78. The third-order valence-corrected chi connectivity index (χ3v) is 3.86. The summed E-state index contributed by atoms with van der Waals surface area (Å²) >= 11 is 0. The largest absolute Gasteiger partial charge is 0.462 e. The van der Waals surface area contributed by atoms with Gasteiger partial charge in [0.15, 0.2) is 12.4 Å². The molecule has 116 valence electrons. The van der Waals surface area contributed by atoms with Crippen molar-refractivity contribution >= 4 is 16.4 Å². The number of hydrogen-bond donors (Lipinski definition) is 0. The van der Waals surface area contributed by atoms with Crippen LogP contribution in [0.3, 0.4) is 0 Å². The Bertz CT molecular complexity index is 479.